The van der Waals surface area contributed by atoms with E-state index in [2.05, 4.69) is 6.58 Å². The zero-order valence-electron chi connectivity index (χ0n) is 13.3. The molecular weight excluding hydrogens is 294 g/mol. The number of quaternary nitrogens is 1. The van der Waals surface area contributed by atoms with Crippen molar-refractivity contribution in [3.63, 3.8) is 0 Å². The zero-order valence-corrected chi connectivity index (χ0v) is 13.3. The molecule has 5 heteroatoms. The van der Waals surface area contributed by atoms with E-state index in [1.807, 2.05) is 30.3 Å². The fourth-order valence-electron chi connectivity index (χ4n) is 2.58. The Morgan fingerprint density at radius 1 is 1.30 bits per heavy atom. The van der Waals surface area contributed by atoms with E-state index in [0.29, 0.717) is 5.57 Å². The largest absolute Gasteiger partial charge is 0.411 e. The van der Waals surface area contributed by atoms with Crippen LogP contribution in [0, 0.1) is 0 Å². The molecule has 0 saturated carbocycles. The van der Waals surface area contributed by atoms with Crippen molar-refractivity contribution in [1.82, 2.24) is 0 Å². The van der Waals surface area contributed by atoms with Crippen LogP contribution in [0.15, 0.2) is 54.6 Å². The normalized spacial score (nSPS) is 21.7. The zero-order chi connectivity index (χ0) is 17.0. The maximum atomic E-state index is 12.4. The molecule has 1 aromatic carbocycles. The Balaban J connectivity index is 2.16. The molecule has 120 valence electrons. The third-order valence-corrected chi connectivity index (χ3v) is 3.96. The minimum absolute atomic E-state index is 0.0866. The molecule has 1 aliphatic heterocycles. The molecular formula is C18H20NO4+. The van der Waals surface area contributed by atoms with Gasteiger partial charge < -0.3 is 4.74 Å². The van der Waals surface area contributed by atoms with Crippen LogP contribution in [0.4, 0.5) is 0 Å². The van der Waals surface area contributed by atoms with Crippen molar-refractivity contribution in [2.75, 3.05) is 7.05 Å². The predicted molar refractivity (Wildman–Crippen MR) is 84.8 cm³/mol. The summed E-state index contributed by atoms with van der Waals surface area (Å²) in [5, 5.41) is 0. The highest BCUT2D eigenvalue weighted by molar-refractivity contribution is 6.07. The summed E-state index contributed by atoms with van der Waals surface area (Å²) in [5.41, 5.74) is 1.18. The third-order valence-electron chi connectivity index (χ3n) is 3.96. The molecule has 0 radical (unpaired) electrons. The molecule has 0 bridgehead atoms. The van der Waals surface area contributed by atoms with Gasteiger partial charge in [0.2, 0.25) is 0 Å². The summed E-state index contributed by atoms with van der Waals surface area (Å²) in [7, 11) is 1.47. The molecule has 1 aromatic rings. The second-order valence-corrected chi connectivity index (χ2v) is 5.68. The Morgan fingerprint density at radius 2 is 1.96 bits per heavy atom. The lowest BCUT2D eigenvalue weighted by atomic mass is 10.1. The number of imide groups is 1. The summed E-state index contributed by atoms with van der Waals surface area (Å²) in [6.07, 6.45) is 2.23. The summed E-state index contributed by atoms with van der Waals surface area (Å²) >= 11 is 0. The number of carbonyl (C=O) groups excluding carboxylic acids is 3. The molecule has 0 aliphatic carbocycles. The number of likely N-dealkylation sites (N-methyl/N-ethyl adjacent to an activating group) is 1. The molecule has 0 aromatic heterocycles. The molecule has 0 spiro atoms. The van der Waals surface area contributed by atoms with E-state index in [1.165, 1.54) is 19.2 Å². The van der Waals surface area contributed by atoms with E-state index in [-0.39, 0.29) is 24.7 Å². The number of hydrogen-bond acceptors (Lipinski definition) is 4. The average Bonchev–Trinajstić information content (AvgIpc) is 2.72. The first-order valence-electron chi connectivity index (χ1n) is 7.37. The van der Waals surface area contributed by atoms with Gasteiger partial charge in [-0.1, -0.05) is 36.4 Å². The first kappa shape index (κ1) is 16.8. The van der Waals surface area contributed by atoms with Crippen LogP contribution in [0.5, 0.6) is 0 Å². The molecule has 0 saturated heterocycles. The Kier molecular flexibility index (Phi) is 4.91. The second-order valence-electron chi connectivity index (χ2n) is 5.68. The van der Waals surface area contributed by atoms with Crippen molar-refractivity contribution in [1.29, 1.82) is 0 Å². The van der Waals surface area contributed by atoms with Gasteiger partial charge in [0.25, 0.3) is 6.23 Å². The van der Waals surface area contributed by atoms with Crippen LogP contribution in [0.25, 0.3) is 0 Å². The highest BCUT2D eigenvalue weighted by Gasteiger charge is 2.52. The van der Waals surface area contributed by atoms with Crippen LogP contribution in [-0.2, 0) is 25.5 Å². The first-order chi connectivity index (χ1) is 10.9. The average molecular weight is 314 g/mol. The summed E-state index contributed by atoms with van der Waals surface area (Å²) in [4.78, 5) is 36.8. The molecule has 0 fully saturated rings. The maximum absolute atomic E-state index is 12.4. The lowest BCUT2D eigenvalue weighted by Gasteiger charge is -2.31. The number of amides is 2. The summed E-state index contributed by atoms with van der Waals surface area (Å²) in [6, 6.07) is 9.16. The van der Waals surface area contributed by atoms with Crippen molar-refractivity contribution < 1.29 is 23.6 Å². The van der Waals surface area contributed by atoms with Gasteiger partial charge in [0.1, 0.15) is 0 Å². The smallest absolute Gasteiger partial charge is 0.352 e. The quantitative estimate of drug-likeness (QED) is 0.349. The van der Waals surface area contributed by atoms with Crippen molar-refractivity contribution in [3.8, 4) is 0 Å². The number of rotatable bonds is 6. The van der Waals surface area contributed by atoms with Gasteiger partial charge in [-0.3, -0.25) is 4.79 Å². The summed E-state index contributed by atoms with van der Waals surface area (Å²) < 4.78 is 4.87. The van der Waals surface area contributed by atoms with Gasteiger partial charge in [0.15, 0.2) is 0 Å². The number of carbonyl (C=O) groups is 3. The van der Waals surface area contributed by atoms with Crippen molar-refractivity contribution in [2.24, 2.45) is 0 Å². The molecule has 2 atom stereocenters. The Bertz CT molecular complexity index is 678. The van der Waals surface area contributed by atoms with Gasteiger partial charge >= 0.3 is 17.8 Å². The highest BCUT2D eigenvalue weighted by atomic mass is 16.6. The molecule has 23 heavy (non-hydrogen) atoms. The van der Waals surface area contributed by atoms with Gasteiger partial charge in [0, 0.05) is 0 Å². The van der Waals surface area contributed by atoms with E-state index >= 15 is 0 Å². The maximum Gasteiger partial charge on any atom is 0.352 e. The molecule has 2 amide bonds. The molecule has 1 heterocycles. The summed E-state index contributed by atoms with van der Waals surface area (Å²) in [5.74, 6) is -1.21. The lowest BCUT2D eigenvalue weighted by molar-refractivity contribution is -0.803. The Labute approximate surface area is 135 Å². The van der Waals surface area contributed by atoms with Crippen LogP contribution in [0.2, 0.25) is 0 Å². The van der Waals surface area contributed by atoms with Crippen LogP contribution in [-0.4, -0.2) is 35.5 Å². The Hall–Kier alpha value is -2.53. The second kappa shape index (κ2) is 6.71. The van der Waals surface area contributed by atoms with Gasteiger partial charge in [-0.25, -0.2) is 9.59 Å². The predicted octanol–water partition coefficient (Wildman–Crippen LogP) is 2.13. The fourth-order valence-corrected chi connectivity index (χ4v) is 2.58. The minimum atomic E-state index is -0.905. The number of esters is 1. The monoisotopic (exact) mass is 314 g/mol. The van der Waals surface area contributed by atoms with Crippen LogP contribution in [0.1, 0.15) is 18.9 Å². The third kappa shape index (κ3) is 3.29. The number of benzene rings is 1. The van der Waals surface area contributed by atoms with E-state index in [9.17, 15) is 14.4 Å². The molecule has 1 aliphatic rings. The van der Waals surface area contributed by atoms with Gasteiger partial charge in [-0.15, -0.1) is 6.58 Å². The first-order valence-corrected chi connectivity index (χ1v) is 7.37. The minimum Gasteiger partial charge on any atom is -0.411 e. The van der Waals surface area contributed by atoms with Crippen molar-refractivity contribution in [3.05, 3.63) is 60.2 Å². The SMILES string of the molecule is C=CCC(OC(=O)Cc1ccccc1)[N+]1(C)C(=O)C=C(C)C1=O. The van der Waals surface area contributed by atoms with Crippen molar-refractivity contribution in [2.45, 2.75) is 26.0 Å². The van der Waals surface area contributed by atoms with Gasteiger partial charge in [-0.05, 0) is 12.5 Å². The molecule has 0 N–H and O–H groups in total. The van der Waals surface area contributed by atoms with Crippen LogP contribution in [0.3, 0.4) is 0 Å². The fraction of sp³-hybridized carbons (Fsp3) is 0.278. The number of ether oxygens (including phenoxy) is 1. The van der Waals surface area contributed by atoms with E-state index < -0.39 is 16.7 Å². The van der Waals surface area contributed by atoms with E-state index in [1.54, 1.807) is 6.92 Å². The number of nitrogens with zero attached hydrogens (tertiary/aromatic N) is 1. The van der Waals surface area contributed by atoms with Crippen molar-refractivity contribution >= 4 is 17.8 Å². The van der Waals surface area contributed by atoms with Gasteiger partial charge in [-0.2, -0.15) is 4.48 Å². The standard InChI is InChI=1S/C18H20NO4/c1-4-8-16(19(3)15(20)11-13(2)18(19)22)23-17(21)12-14-9-6-5-7-10-14/h4-7,9-11,16H,1,8,12H2,2-3H3/q+1. The lowest BCUT2D eigenvalue weighted by Crippen LogP contribution is -2.58. The molecule has 5 nitrogen and oxygen atoms in total. The summed E-state index contributed by atoms with van der Waals surface area (Å²) in [6.45, 7) is 5.21. The van der Waals surface area contributed by atoms with E-state index in [4.69, 9.17) is 4.74 Å². The molecule has 2 unspecified atom stereocenters. The van der Waals surface area contributed by atoms with Crippen LogP contribution >= 0.6 is 0 Å². The Morgan fingerprint density at radius 3 is 2.48 bits per heavy atom. The molecule has 2 rings (SSSR count). The van der Waals surface area contributed by atoms with E-state index in [0.717, 1.165) is 5.56 Å². The number of hydrogen-bond donors (Lipinski definition) is 0. The topological polar surface area (TPSA) is 60.4 Å². The highest BCUT2D eigenvalue weighted by Crippen LogP contribution is 2.27. The van der Waals surface area contributed by atoms with Crippen LogP contribution < -0.4 is 0 Å². The van der Waals surface area contributed by atoms with Gasteiger partial charge in [0.05, 0.1) is 31.5 Å².